The third kappa shape index (κ3) is 5.98. The Hall–Kier alpha value is -3.54. The van der Waals surface area contributed by atoms with Gasteiger partial charge in [0.1, 0.15) is 18.0 Å². The van der Waals surface area contributed by atoms with E-state index in [1.165, 1.54) is 25.5 Å². The molecule has 0 spiro atoms. The highest BCUT2D eigenvalue weighted by molar-refractivity contribution is 7.89. The van der Waals surface area contributed by atoms with Gasteiger partial charge in [-0.05, 0) is 49.5 Å². The second-order valence-electron chi connectivity index (χ2n) is 6.33. The number of benzene rings is 2. The molecular formula is C20H22N6O4S. The summed E-state index contributed by atoms with van der Waals surface area (Å²) in [5.74, 6) is 0.710. The number of carbonyl (C=O) groups is 1. The molecule has 0 bridgehead atoms. The number of anilines is 4. The van der Waals surface area contributed by atoms with Crippen molar-refractivity contribution in [1.29, 1.82) is 0 Å². The first-order valence-corrected chi connectivity index (χ1v) is 10.8. The first-order valence-electron chi connectivity index (χ1n) is 9.30. The van der Waals surface area contributed by atoms with Crippen LogP contribution < -0.4 is 20.7 Å². The van der Waals surface area contributed by atoms with Crippen LogP contribution in [0.15, 0.2) is 65.8 Å². The molecule has 2 aromatic carbocycles. The number of amides is 1. The van der Waals surface area contributed by atoms with Gasteiger partial charge in [-0.2, -0.15) is 0 Å². The van der Waals surface area contributed by atoms with Crippen LogP contribution in [0.2, 0.25) is 0 Å². The number of rotatable bonds is 9. The molecule has 5 N–H and O–H groups in total. The molecule has 11 heteroatoms. The molecule has 0 radical (unpaired) electrons. The van der Waals surface area contributed by atoms with Gasteiger partial charge in [-0.15, -0.1) is 0 Å². The summed E-state index contributed by atoms with van der Waals surface area (Å²) in [6.45, 7) is 0.0738. The minimum atomic E-state index is -3.55. The van der Waals surface area contributed by atoms with Gasteiger partial charge in [0.15, 0.2) is 0 Å². The van der Waals surface area contributed by atoms with Gasteiger partial charge in [0.25, 0.3) is 5.91 Å². The lowest BCUT2D eigenvalue weighted by Crippen LogP contribution is -2.26. The Labute approximate surface area is 179 Å². The first-order chi connectivity index (χ1) is 14.9. The van der Waals surface area contributed by atoms with Crippen molar-refractivity contribution < 1.29 is 18.3 Å². The van der Waals surface area contributed by atoms with Crippen LogP contribution in [-0.2, 0) is 10.0 Å². The van der Waals surface area contributed by atoms with Crippen LogP contribution >= 0.6 is 0 Å². The van der Waals surface area contributed by atoms with Crippen LogP contribution in [0, 0.1) is 0 Å². The average Bonchev–Trinajstić information content (AvgIpc) is 2.78. The van der Waals surface area contributed by atoms with Gasteiger partial charge in [0.05, 0.1) is 11.5 Å². The lowest BCUT2D eigenvalue weighted by molar-refractivity contribution is 0.0945. The molecule has 3 rings (SSSR count). The van der Waals surface area contributed by atoms with Crippen molar-refractivity contribution in [3.05, 3.63) is 66.5 Å². The molecule has 1 heterocycles. The van der Waals surface area contributed by atoms with E-state index in [0.29, 0.717) is 28.6 Å². The standard InChI is InChI=1S/C20H22N6O4S/c1-21-31(29,30)17-4-2-3-16(11-17)26-19-12-18(23-13-24-19)25-15-7-5-14(6-8-15)20(28)22-9-10-27/h2-8,11-13,21,27H,9-10H2,1H3,(H,22,28)(H2,23,24,25,26). The average molecular weight is 443 g/mol. The van der Waals surface area contributed by atoms with Gasteiger partial charge in [0.2, 0.25) is 10.0 Å². The second-order valence-corrected chi connectivity index (χ2v) is 8.22. The maximum Gasteiger partial charge on any atom is 0.251 e. The molecule has 0 atom stereocenters. The van der Waals surface area contributed by atoms with Gasteiger partial charge in [0, 0.05) is 29.5 Å². The Bertz CT molecular complexity index is 1150. The smallest absolute Gasteiger partial charge is 0.251 e. The molecule has 1 aromatic heterocycles. The minimum Gasteiger partial charge on any atom is -0.395 e. The van der Waals surface area contributed by atoms with Crippen molar-refractivity contribution in [2.24, 2.45) is 0 Å². The normalized spacial score (nSPS) is 11.0. The van der Waals surface area contributed by atoms with E-state index in [4.69, 9.17) is 5.11 Å². The fraction of sp³-hybridized carbons (Fsp3) is 0.150. The highest BCUT2D eigenvalue weighted by atomic mass is 32.2. The van der Waals surface area contributed by atoms with Crippen LogP contribution in [0.1, 0.15) is 10.4 Å². The number of hydrogen-bond donors (Lipinski definition) is 5. The Kier molecular flexibility index (Phi) is 7.13. The second kappa shape index (κ2) is 9.98. The molecule has 3 aromatic rings. The third-order valence-corrected chi connectivity index (χ3v) is 5.58. The van der Waals surface area contributed by atoms with Gasteiger partial charge in [-0.1, -0.05) is 6.07 Å². The van der Waals surface area contributed by atoms with E-state index in [1.54, 1.807) is 42.5 Å². The van der Waals surface area contributed by atoms with Crippen molar-refractivity contribution >= 4 is 38.9 Å². The predicted octanol–water partition coefficient (Wildman–Crippen LogP) is 1.59. The molecule has 0 saturated carbocycles. The summed E-state index contributed by atoms with van der Waals surface area (Å²) in [6.07, 6.45) is 1.37. The summed E-state index contributed by atoms with van der Waals surface area (Å²) in [5, 5.41) is 17.5. The van der Waals surface area contributed by atoms with Crippen LogP contribution in [0.5, 0.6) is 0 Å². The number of sulfonamides is 1. The topological polar surface area (TPSA) is 145 Å². The van der Waals surface area contributed by atoms with Crippen LogP contribution in [0.25, 0.3) is 0 Å². The number of nitrogens with one attached hydrogen (secondary N) is 4. The molecule has 0 aliphatic heterocycles. The molecule has 0 saturated heterocycles. The molecule has 0 unspecified atom stereocenters. The fourth-order valence-corrected chi connectivity index (χ4v) is 3.40. The minimum absolute atomic E-state index is 0.120. The summed E-state index contributed by atoms with van der Waals surface area (Å²) >= 11 is 0. The number of aliphatic hydroxyl groups is 1. The zero-order valence-corrected chi connectivity index (χ0v) is 17.5. The van der Waals surface area contributed by atoms with E-state index in [1.807, 2.05) is 0 Å². The zero-order chi connectivity index (χ0) is 22.3. The molecule has 162 valence electrons. The fourth-order valence-electron chi connectivity index (χ4n) is 2.63. The van der Waals surface area contributed by atoms with Crippen LogP contribution in [-0.4, -0.2) is 49.6 Å². The van der Waals surface area contributed by atoms with Crippen molar-refractivity contribution in [1.82, 2.24) is 20.0 Å². The van der Waals surface area contributed by atoms with Gasteiger partial charge in [-0.3, -0.25) is 4.79 Å². The number of aliphatic hydroxyl groups excluding tert-OH is 1. The van der Waals surface area contributed by atoms with Crippen molar-refractivity contribution in [3.8, 4) is 0 Å². The zero-order valence-electron chi connectivity index (χ0n) is 16.7. The first kappa shape index (κ1) is 22.2. The summed E-state index contributed by atoms with van der Waals surface area (Å²) in [6, 6.07) is 14.8. The number of aromatic nitrogens is 2. The van der Waals surface area contributed by atoms with E-state index < -0.39 is 10.0 Å². The number of nitrogens with zero attached hydrogens (tertiary/aromatic N) is 2. The Morgan fingerprint density at radius 1 is 0.968 bits per heavy atom. The lowest BCUT2D eigenvalue weighted by atomic mass is 10.2. The van der Waals surface area contributed by atoms with E-state index in [0.717, 1.165) is 0 Å². The monoisotopic (exact) mass is 442 g/mol. The van der Waals surface area contributed by atoms with Crippen LogP contribution in [0.4, 0.5) is 23.0 Å². The van der Waals surface area contributed by atoms with Crippen molar-refractivity contribution in [3.63, 3.8) is 0 Å². The van der Waals surface area contributed by atoms with Gasteiger partial charge < -0.3 is 21.1 Å². The van der Waals surface area contributed by atoms with Crippen LogP contribution in [0.3, 0.4) is 0 Å². The molecule has 0 fully saturated rings. The summed E-state index contributed by atoms with van der Waals surface area (Å²) < 4.78 is 26.2. The highest BCUT2D eigenvalue weighted by Crippen LogP contribution is 2.21. The molecule has 31 heavy (non-hydrogen) atoms. The largest absolute Gasteiger partial charge is 0.395 e. The maximum atomic E-state index is 12.0. The Morgan fingerprint density at radius 3 is 2.29 bits per heavy atom. The Morgan fingerprint density at radius 2 is 1.65 bits per heavy atom. The van der Waals surface area contributed by atoms with E-state index in [2.05, 4.69) is 30.6 Å². The molecule has 0 aliphatic rings. The molecule has 1 amide bonds. The van der Waals surface area contributed by atoms with E-state index in [9.17, 15) is 13.2 Å². The third-order valence-electron chi connectivity index (χ3n) is 4.17. The highest BCUT2D eigenvalue weighted by Gasteiger charge is 2.12. The summed E-state index contributed by atoms with van der Waals surface area (Å²) in [4.78, 5) is 20.3. The Balaban J connectivity index is 1.70. The SMILES string of the molecule is CNS(=O)(=O)c1cccc(Nc2cc(Nc3ccc(C(=O)NCCO)cc3)ncn2)c1. The van der Waals surface area contributed by atoms with E-state index in [-0.39, 0.29) is 24.0 Å². The molecular weight excluding hydrogens is 420 g/mol. The number of hydrogen-bond acceptors (Lipinski definition) is 8. The van der Waals surface area contributed by atoms with Crippen molar-refractivity contribution in [2.75, 3.05) is 30.8 Å². The summed E-state index contributed by atoms with van der Waals surface area (Å²) in [5.41, 5.74) is 1.74. The van der Waals surface area contributed by atoms with Gasteiger partial charge in [-0.25, -0.2) is 23.1 Å². The van der Waals surface area contributed by atoms with E-state index >= 15 is 0 Å². The summed E-state index contributed by atoms with van der Waals surface area (Å²) in [7, 11) is -2.20. The predicted molar refractivity (Wildman–Crippen MR) is 117 cm³/mol. The van der Waals surface area contributed by atoms with Crippen molar-refractivity contribution in [2.45, 2.75) is 4.90 Å². The lowest BCUT2D eigenvalue weighted by Gasteiger charge is -2.10. The maximum absolute atomic E-state index is 12.0. The number of carbonyl (C=O) groups excluding carboxylic acids is 1. The van der Waals surface area contributed by atoms with Gasteiger partial charge >= 0.3 is 0 Å². The quantitative estimate of drug-likeness (QED) is 0.336. The molecule has 0 aliphatic carbocycles. The molecule has 10 nitrogen and oxygen atoms in total.